The average molecular weight is 303 g/mol. The fourth-order valence-electron chi connectivity index (χ4n) is 1.62. The second-order valence-electron chi connectivity index (χ2n) is 3.11. The lowest BCUT2D eigenvalue weighted by molar-refractivity contribution is 0.932. The van der Waals surface area contributed by atoms with Gasteiger partial charge in [0.2, 0.25) is 0 Å². The maximum atomic E-state index is 3.57. The lowest BCUT2D eigenvalue weighted by atomic mass is 10.2. The minimum atomic E-state index is 1.14. The van der Waals surface area contributed by atoms with E-state index < -0.39 is 0 Å². The normalized spacial score (nSPS) is 11.1. The molecule has 0 unspecified atom stereocenters. The number of rotatable bonds is 0. The Morgan fingerprint density at radius 1 is 1.23 bits per heavy atom. The topological polar surface area (TPSA) is 4.93 Å². The van der Waals surface area contributed by atoms with Gasteiger partial charge in [-0.05, 0) is 50.4 Å². The molecule has 0 spiro atoms. The summed E-state index contributed by atoms with van der Waals surface area (Å²) in [6.07, 6.45) is 0. The van der Waals surface area contributed by atoms with Gasteiger partial charge in [0, 0.05) is 16.9 Å². The predicted molar refractivity (Wildman–Crippen MR) is 63.1 cm³/mol. The maximum Gasteiger partial charge on any atom is 0.0884 e. The maximum absolute atomic E-state index is 3.57. The largest absolute Gasteiger partial charge is 0.337 e. The van der Waals surface area contributed by atoms with Crippen LogP contribution in [0.25, 0.3) is 10.9 Å². The number of aryl methyl sites for hydroxylation is 2. The number of fused-ring (bicyclic) bond motifs is 1. The van der Waals surface area contributed by atoms with Crippen LogP contribution >= 0.6 is 31.9 Å². The molecule has 1 nitrogen and oxygen atoms in total. The molecule has 2 aromatic rings. The first-order valence-electron chi connectivity index (χ1n) is 4.02. The molecule has 0 atom stereocenters. The third kappa shape index (κ3) is 1.25. The second kappa shape index (κ2) is 3.14. The molecule has 0 amide bonds. The van der Waals surface area contributed by atoms with E-state index in [4.69, 9.17) is 0 Å². The van der Waals surface area contributed by atoms with Crippen LogP contribution in [0, 0.1) is 6.92 Å². The Morgan fingerprint density at radius 3 is 2.54 bits per heavy atom. The summed E-state index contributed by atoms with van der Waals surface area (Å²) >= 11 is 7.12. The molecule has 1 aromatic heterocycles. The zero-order valence-electron chi connectivity index (χ0n) is 7.44. The average Bonchev–Trinajstić information content (AvgIpc) is 2.33. The molecule has 68 valence electrons. The fourth-order valence-corrected chi connectivity index (χ4v) is 2.64. The number of hydrogen-bond acceptors (Lipinski definition) is 0. The summed E-state index contributed by atoms with van der Waals surface area (Å²) in [5.41, 5.74) is 2.53. The van der Waals surface area contributed by atoms with Crippen LogP contribution in [0.5, 0.6) is 0 Å². The molecule has 0 aliphatic heterocycles. The van der Waals surface area contributed by atoms with Gasteiger partial charge in [-0.2, -0.15) is 0 Å². The molecular formula is C10H9Br2N. The Kier molecular flexibility index (Phi) is 2.24. The first-order valence-corrected chi connectivity index (χ1v) is 5.60. The van der Waals surface area contributed by atoms with Crippen molar-refractivity contribution < 1.29 is 0 Å². The second-order valence-corrected chi connectivity index (χ2v) is 4.72. The third-order valence-electron chi connectivity index (χ3n) is 2.33. The summed E-state index contributed by atoms with van der Waals surface area (Å²) in [5, 5.41) is 1.30. The minimum Gasteiger partial charge on any atom is -0.337 e. The highest BCUT2D eigenvalue weighted by atomic mass is 79.9. The van der Waals surface area contributed by atoms with Gasteiger partial charge in [0.15, 0.2) is 0 Å². The molecule has 1 aromatic carbocycles. The first kappa shape index (κ1) is 9.28. The van der Waals surface area contributed by atoms with Crippen LogP contribution in [0.2, 0.25) is 0 Å². The molecular weight excluding hydrogens is 294 g/mol. The lowest BCUT2D eigenvalue weighted by Gasteiger charge is -1.99. The number of para-hydroxylation sites is 1. The van der Waals surface area contributed by atoms with Crippen molar-refractivity contribution in [3.63, 3.8) is 0 Å². The van der Waals surface area contributed by atoms with E-state index in [-0.39, 0.29) is 0 Å². The predicted octanol–water partition coefficient (Wildman–Crippen LogP) is 4.01. The number of benzene rings is 1. The molecule has 0 fully saturated rings. The van der Waals surface area contributed by atoms with Gasteiger partial charge in [0.05, 0.1) is 10.1 Å². The Hall–Kier alpha value is -0.280. The molecule has 0 bridgehead atoms. The van der Waals surface area contributed by atoms with Crippen LogP contribution in [0.4, 0.5) is 0 Å². The Labute approximate surface area is 94.0 Å². The molecule has 0 aliphatic carbocycles. The molecule has 13 heavy (non-hydrogen) atoms. The Morgan fingerprint density at radius 2 is 1.92 bits per heavy atom. The summed E-state index contributed by atoms with van der Waals surface area (Å²) in [6, 6.07) is 6.26. The first-order chi connectivity index (χ1) is 6.13. The molecule has 0 saturated heterocycles. The standard InChI is InChI=1S/C10H9Br2N/c1-6-7-4-3-5-8(11)9(7)13(2)10(6)12/h3-5H,1-2H3. The van der Waals surface area contributed by atoms with Crippen LogP contribution < -0.4 is 0 Å². The Balaban J connectivity index is 3.03. The van der Waals surface area contributed by atoms with Gasteiger partial charge in [-0.25, -0.2) is 0 Å². The molecule has 0 N–H and O–H groups in total. The summed E-state index contributed by atoms with van der Waals surface area (Å²) in [6.45, 7) is 2.12. The van der Waals surface area contributed by atoms with Gasteiger partial charge < -0.3 is 4.57 Å². The van der Waals surface area contributed by atoms with E-state index in [0.29, 0.717) is 0 Å². The third-order valence-corrected chi connectivity index (χ3v) is 4.10. The summed E-state index contributed by atoms with van der Waals surface area (Å²) in [7, 11) is 2.06. The van der Waals surface area contributed by atoms with E-state index in [1.807, 2.05) is 0 Å². The van der Waals surface area contributed by atoms with Gasteiger partial charge in [-0.15, -0.1) is 0 Å². The van der Waals surface area contributed by atoms with Crippen molar-refractivity contribution in [1.82, 2.24) is 4.57 Å². The monoisotopic (exact) mass is 301 g/mol. The van der Waals surface area contributed by atoms with Gasteiger partial charge in [-0.3, -0.25) is 0 Å². The zero-order chi connectivity index (χ0) is 9.59. The van der Waals surface area contributed by atoms with Crippen LogP contribution in [-0.4, -0.2) is 4.57 Å². The summed E-state index contributed by atoms with van der Waals surface area (Å²) < 4.78 is 4.44. The van der Waals surface area contributed by atoms with Crippen molar-refractivity contribution in [2.75, 3.05) is 0 Å². The van der Waals surface area contributed by atoms with Gasteiger partial charge in [0.25, 0.3) is 0 Å². The van der Waals surface area contributed by atoms with Crippen molar-refractivity contribution in [2.24, 2.45) is 7.05 Å². The van der Waals surface area contributed by atoms with E-state index in [0.717, 1.165) is 9.08 Å². The Bertz CT molecular complexity index is 471. The van der Waals surface area contributed by atoms with E-state index in [9.17, 15) is 0 Å². The molecule has 0 radical (unpaired) electrons. The van der Waals surface area contributed by atoms with Gasteiger partial charge >= 0.3 is 0 Å². The number of halogens is 2. The van der Waals surface area contributed by atoms with E-state index >= 15 is 0 Å². The van der Waals surface area contributed by atoms with Gasteiger partial charge in [0.1, 0.15) is 0 Å². The van der Waals surface area contributed by atoms with Crippen molar-refractivity contribution in [3.05, 3.63) is 32.8 Å². The minimum absolute atomic E-state index is 1.14. The molecule has 0 saturated carbocycles. The smallest absolute Gasteiger partial charge is 0.0884 e. The lowest BCUT2D eigenvalue weighted by Crippen LogP contribution is -1.87. The SMILES string of the molecule is Cc1c(Br)n(C)c2c(Br)cccc12. The van der Waals surface area contributed by atoms with E-state index in [2.05, 4.69) is 68.6 Å². The summed E-state index contributed by atoms with van der Waals surface area (Å²) in [5.74, 6) is 0. The zero-order valence-corrected chi connectivity index (χ0v) is 10.6. The summed E-state index contributed by atoms with van der Waals surface area (Å²) in [4.78, 5) is 0. The van der Waals surface area contributed by atoms with Gasteiger partial charge in [-0.1, -0.05) is 12.1 Å². The highest BCUT2D eigenvalue weighted by molar-refractivity contribution is 9.11. The number of hydrogen-bond donors (Lipinski definition) is 0. The molecule has 1 heterocycles. The van der Waals surface area contributed by atoms with Crippen molar-refractivity contribution >= 4 is 42.8 Å². The number of nitrogens with zero attached hydrogens (tertiary/aromatic N) is 1. The van der Waals surface area contributed by atoms with Crippen LogP contribution in [-0.2, 0) is 7.05 Å². The molecule has 2 rings (SSSR count). The molecule has 3 heteroatoms. The van der Waals surface area contributed by atoms with Crippen molar-refractivity contribution in [2.45, 2.75) is 6.92 Å². The van der Waals surface area contributed by atoms with Crippen molar-refractivity contribution in [3.8, 4) is 0 Å². The highest BCUT2D eigenvalue weighted by Crippen LogP contribution is 2.32. The quantitative estimate of drug-likeness (QED) is 0.693. The highest BCUT2D eigenvalue weighted by Gasteiger charge is 2.10. The van der Waals surface area contributed by atoms with E-state index in [1.54, 1.807) is 0 Å². The van der Waals surface area contributed by atoms with Crippen molar-refractivity contribution in [1.29, 1.82) is 0 Å². The fraction of sp³-hybridized carbons (Fsp3) is 0.200. The van der Waals surface area contributed by atoms with Crippen LogP contribution in [0.1, 0.15) is 5.56 Å². The van der Waals surface area contributed by atoms with Crippen LogP contribution in [0.3, 0.4) is 0 Å². The molecule has 0 aliphatic rings. The van der Waals surface area contributed by atoms with Crippen LogP contribution in [0.15, 0.2) is 27.3 Å². The van der Waals surface area contributed by atoms with E-state index in [1.165, 1.54) is 16.5 Å². The number of aromatic nitrogens is 1.